The van der Waals surface area contributed by atoms with Gasteiger partial charge in [0, 0.05) is 22.6 Å². The second-order valence-electron chi connectivity index (χ2n) is 4.78. The van der Waals surface area contributed by atoms with Gasteiger partial charge in [-0.25, -0.2) is 0 Å². The van der Waals surface area contributed by atoms with Gasteiger partial charge in [0.05, 0.1) is 14.2 Å². The van der Waals surface area contributed by atoms with E-state index in [2.05, 4.69) is 40.3 Å². The minimum Gasteiger partial charge on any atom is -0.493 e. The molecule has 2 aromatic carbocycles. The molecular weight excluding hydrogens is 330 g/mol. The number of rotatable bonds is 6. The van der Waals surface area contributed by atoms with Gasteiger partial charge in [0.1, 0.15) is 0 Å². The first-order valence-corrected chi connectivity index (χ1v) is 7.64. The lowest BCUT2D eigenvalue weighted by molar-refractivity contribution is 0.350. The summed E-state index contributed by atoms with van der Waals surface area (Å²) >= 11 is 3.59. The third kappa shape index (κ3) is 3.77. The maximum atomic E-state index is 5.45. The minimum absolute atomic E-state index is 0.233. The summed E-state index contributed by atoms with van der Waals surface area (Å²) in [5.41, 5.74) is 2.31. The van der Waals surface area contributed by atoms with Crippen molar-refractivity contribution >= 4 is 15.9 Å². The van der Waals surface area contributed by atoms with Crippen LogP contribution in [0, 0.1) is 0 Å². The van der Waals surface area contributed by atoms with Crippen LogP contribution >= 0.6 is 15.9 Å². The second-order valence-corrected chi connectivity index (χ2v) is 5.63. The fourth-order valence-electron chi connectivity index (χ4n) is 2.29. The molecule has 0 saturated carbocycles. The molecule has 0 spiro atoms. The zero-order valence-electron chi connectivity index (χ0n) is 12.5. The Morgan fingerprint density at radius 2 is 1.81 bits per heavy atom. The van der Waals surface area contributed by atoms with Crippen LogP contribution in [0.5, 0.6) is 11.5 Å². The first-order valence-electron chi connectivity index (χ1n) is 6.85. The number of halogens is 1. The van der Waals surface area contributed by atoms with Crippen LogP contribution in [-0.2, 0) is 6.54 Å². The van der Waals surface area contributed by atoms with Gasteiger partial charge in [-0.05, 0) is 24.6 Å². The predicted octanol–water partition coefficient (Wildman–Crippen LogP) is 4.32. The van der Waals surface area contributed by atoms with Crippen molar-refractivity contribution in [3.05, 3.63) is 58.1 Å². The Balaban J connectivity index is 2.11. The molecule has 0 bridgehead atoms. The highest BCUT2D eigenvalue weighted by molar-refractivity contribution is 9.10. The van der Waals surface area contributed by atoms with Gasteiger partial charge in [0.25, 0.3) is 0 Å². The van der Waals surface area contributed by atoms with Crippen molar-refractivity contribution in [1.82, 2.24) is 5.32 Å². The Hall–Kier alpha value is -1.52. The molecule has 1 N–H and O–H groups in total. The number of hydrogen-bond donors (Lipinski definition) is 1. The fraction of sp³-hybridized carbons (Fsp3) is 0.294. The van der Waals surface area contributed by atoms with E-state index in [1.165, 1.54) is 5.56 Å². The van der Waals surface area contributed by atoms with E-state index in [1.807, 2.05) is 30.3 Å². The number of benzene rings is 2. The normalized spacial score (nSPS) is 12.0. The van der Waals surface area contributed by atoms with Crippen LogP contribution in [0.3, 0.4) is 0 Å². The number of nitrogens with one attached hydrogen (secondary N) is 1. The van der Waals surface area contributed by atoms with Crippen LogP contribution < -0.4 is 14.8 Å². The Labute approximate surface area is 134 Å². The number of methoxy groups -OCH3 is 2. The summed E-state index contributed by atoms with van der Waals surface area (Å²) in [6.45, 7) is 2.86. The lowest BCUT2D eigenvalue weighted by Crippen LogP contribution is -2.19. The van der Waals surface area contributed by atoms with Crippen LogP contribution in [0.25, 0.3) is 0 Å². The summed E-state index contributed by atoms with van der Waals surface area (Å²) < 4.78 is 11.9. The first kappa shape index (κ1) is 15.9. The summed E-state index contributed by atoms with van der Waals surface area (Å²) in [6.07, 6.45) is 0. The average molecular weight is 350 g/mol. The quantitative estimate of drug-likeness (QED) is 0.842. The summed E-state index contributed by atoms with van der Waals surface area (Å²) in [6, 6.07) is 14.4. The molecule has 0 fully saturated rings. The lowest BCUT2D eigenvalue weighted by Gasteiger charge is -2.18. The van der Waals surface area contributed by atoms with Crippen molar-refractivity contribution in [3.8, 4) is 11.5 Å². The van der Waals surface area contributed by atoms with E-state index in [0.29, 0.717) is 6.54 Å². The molecule has 21 heavy (non-hydrogen) atoms. The summed E-state index contributed by atoms with van der Waals surface area (Å²) in [5.74, 6) is 1.54. The van der Waals surface area contributed by atoms with Crippen molar-refractivity contribution in [3.63, 3.8) is 0 Å². The standard InChI is InChI=1S/C17H20BrNO2/c1-12(14-8-4-5-9-15(14)18)19-11-13-7-6-10-16(20-2)17(13)21-3/h4-10,12,19H,11H2,1-3H3. The molecule has 4 heteroatoms. The predicted molar refractivity (Wildman–Crippen MR) is 88.9 cm³/mol. The lowest BCUT2D eigenvalue weighted by atomic mass is 10.1. The van der Waals surface area contributed by atoms with Gasteiger partial charge < -0.3 is 14.8 Å². The van der Waals surface area contributed by atoms with Crippen LogP contribution in [0.1, 0.15) is 24.1 Å². The number of para-hydroxylation sites is 1. The third-order valence-electron chi connectivity index (χ3n) is 3.45. The molecule has 0 aromatic heterocycles. The minimum atomic E-state index is 0.233. The molecule has 0 saturated heterocycles. The van der Waals surface area contributed by atoms with Crippen molar-refractivity contribution in [2.24, 2.45) is 0 Å². The van der Waals surface area contributed by atoms with Crippen LogP contribution in [0.4, 0.5) is 0 Å². The average Bonchev–Trinajstić information content (AvgIpc) is 2.52. The molecule has 0 amide bonds. The molecule has 0 heterocycles. The highest BCUT2D eigenvalue weighted by Gasteiger charge is 2.12. The van der Waals surface area contributed by atoms with E-state index in [0.717, 1.165) is 21.5 Å². The van der Waals surface area contributed by atoms with E-state index in [-0.39, 0.29) is 6.04 Å². The zero-order valence-corrected chi connectivity index (χ0v) is 14.1. The van der Waals surface area contributed by atoms with E-state index in [4.69, 9.17) is 9.47 Å². The zero-order chi connectivity index (χ0) is 15.2. The van der Waals surface area contributed by atoms with Gasteiger partial charge in [-0.3, -0.25) is 0 Å². The molecule has 0 aliphatic carbocycles. The van der Waals surface area contributed by atoms with Gasteiger partial charge in [0.2, 0.25) is 0 Å². The largest absolute Gasteiger partial charge is 0.493 e. The molecule has 1 atom stereocenters. The van der Waals surface area contributed by atoms with Gasteiger partial charge in [0.15, 0.2) is 11.5 Å². The van der Waals surface area contributed by atoms with Crippen molar-refractivity contribution in [2.45, 2.75) is 19.5 Å². The summed E-state index contributed by atoms with van der Waals surface area (Å²) in [7, 11) is 3.32. The second kappa shape index (κ2) is 7.48. The van der Waals surface area contributed by atoms with Crippen LogP contribution in [-0.4, -0.2) is 14.2 Å². The molecule has 2 rings (SSSR count). The molecule has 0 aliphatic rings. The smallest absolute Gasteiger partial charge is 0.165 e. The Kier molecular flexibility index (Phi) is 5.65. The van der Waals surface area contributed by atoms with E-state index in [1.54, 1.807) is 14.2 Å². The third-order valence-corrected chi connectivity index (χ3v) is 4.18. The summed E-state index contributed by atoms with van der Waals surface area (Å²) in [5, 5.41) is 3.52. The molecule has 3 nitrogen and oxygen atoms in total. The fourth-order valence-corrected chi connectivity index (χ4v) is 2.92. The Bertz CT molecular complexity index is 601. The Morgan fingerprint density at radius 3 is 2.48 bits per heavy atom. The maximum absolute atomic E-state index is 5.45. The number of hydrogen-bond acceptors (Lipinski definition) is 3. The maximum Gasteiger partial charge on any atom is 0.165 e. The van der Waals surface area contributed by atoms with Gasteiger partial charge in [-0.2, -0.15) is 0 Å². The van der Waals surface area contributed by atoms with Crippen molar-refractivity contribution in [1.29, 1.82) is 0 Å². The first-order chi connectivity index (χ1) is 10.2. The molecule has 112 valence electrons. The molecular formula is C17H20BrNO2. The topological polar surface area (TPSA) is 30.5 Å². The SMILES string of the molecule is COc1cccc(CNC(C)c2ccccc2Br)c1OC. The van der Waals surface area contributed by atoms with E-state index in [9.17, 15) is 0 Å². The van der Waals surface area contributed by atoms with Gasteiger partial charge in [-0.1, -0.05) is 46.3 Å². The molecule has 2 aromatic rings. The highest BCUT2D eigenvalue weighted by Crippen LogP contribution is 2.31. The van der Waals surface area contributed by atoms with Crippen LogP contribution in [0.2, 0.25) is 0 Å². The molecule has 1 unspecified atom stereocenters. The molecule has 0 radical (unpaired) electrons. The highest BCUT2D eigenvalue weighted by atomic mass is 79.9. The van der Waals surface area contributed by atoms with E-state index >= 15 is 0 Å². The summed E-state index contributed by atoms with van der Waals surface area (Å²) in [4.78, 5) is 0. The number of ether oxygens (including phenoxy) is 2. The van der Waals surface area contributed by atoms with E-state index < -0.39 is 0 Å². The molecule has 0 aliphatic heterocycles. The monoisotopic (exact) mass is 349 g/mol. The van der Waals surface area contributed by atoms with Crippen molar-refractivity contribution < 1.29 is 9.47 Å². The van der Waals surface area contributed by atoms with Gasteiger partial charge in [-0.15, -0.1) is 0 Å². The van der Waals surface area contributed by atoms with Gasteiger partial charge >= 0.3 is 0 Å². The van der Waals surface area contributed by atoms with Crippen LogP contribution in [0.15, 0.2) is 46.9 Å². The Morgan fingerprint density at radius 1 is 1.05 bits per heavy atom. The van der Waals surface area contributed by atoms with Crippen molar-refractivity contribution in [2.75, 3.05) is 14.2 Å².